The molecule has 0 aromatic heterocycles. The molecule has 0 radical (unpaired) electrons. The highest BCUT2D eigenvalue weighted by molar-refractivity contribution is 5.95. The summed E-state index contributed by atoms with van der Waals surface area (Å²) in [5, 5.41) is 8.22. The molecule has 0 saturated heterocycles. The van der Waals surface area contributed by atoms with E-state index in [1.54, 1.807) is 45.0 Å². The molecule has 10 nitrogen and oxygen atoms in total. The van der Waals surface area contributed by atoms with Crippen molar-refractivity contribution in [3.05, 3.63) is 47.5 Å². The first-order chi connectivity index (χ1) is 18.1. The SMILES string of the molecule is CCOc1cc(C(=O)NCc2ccc(NC(=O)CCNC(=O)OC(C)(C)C)cc2)cc(OCC)c1OCC. The molecule has 10 heteroatoms. The Balaban J connectivity index is 1.92. The second-order valence-corrected chi connectivity index (χ2v) is 9.21. The number of hydrogen-bond acceptors (Lipinski definition) is 7. The van der Waals surface area contributed by atoms with Crippen LogP contribution in [0.1, 0.15) is 63.9 Å². The summed E-state index contributed by atoms with van der Waals surface area (Å²) in [6, 6.07) is 10.4. The van der Waals surface area contributed by atoms with E-state index >= 15 is 0 Å². The predicted molar refractivity (Wildman–Crippen MR) is 145 cm³/mol. The van der Waals surface area contributed by atoms with Crippen molar-refractivity contribution in [2.45, 2.75) is 60.1 Å². The van der Waals surface area contributed by atoms with Gasteiger partial charge < -0.3 is 34.9 Å². The number of benzene rings is 2. The van der Waals surface area contributed by atoms with Crippen molar-refractivity contribution in [2.24, 2.45) is 0 Å². The minimum Gasteiger partial charge on any atom is -0.490 e. The van der Waals surface area contributed by atoms with Crippen LogP contribution in [0.4, 0.5) is 10.5 Å². The second-order valence-electron chi connectivity index (χ2n) is 9.21. The maximum Gasteiger partial charge on any atom is 0.407 e. The number of carbonyl (C=O) groups is 3. The first kappa shape index (κ1) is 30.3. The summed E-state index contributed by atoms with van der Waals surface area (Å²) in [7, 11) is 0. The van der Waals surface area contributed by atoms with Crippen LogP contribution in [-0.2, 0) is 16.1 Å². The smallest absolute Gasteiger partial charge is 0.407 e. The van der Waals surface area contributed by atoms with Gasteiger partial charge in [-0.15, -0.1) is 0 Å². The van der Waals surface area contributed by atoms with E-state index in [1.165, 1.54) is 0 Å². The predicted octanol–water partition coefficient (Wildman–Crippen LogP) is 4.67. The molecule has 0 heterocycles. The molecule has 0 atom stereocenters. The average molecular weight is 530 g/mol. The zero-order chi connectivity index (χ0) is 28.1. The molecule has 3 N–H and O–H groups in total. The van der Waals surface area contributed by atoms with E-state index in [0.29, 0.717) is 48.3 Å². The molecule has 208 valence electrons. The summed E-state index contributed by atoms with van der Waals surface area (Å²) in [5.74, 6) is 0.849. The van der Waals surface area contributed by atoms with Crippen molar-refractivity contribution in [3.8, 4) is 17.2 Å². The van der Waals surface area contributed by atoms with Gasteiger partial charge in [0.2, 0.25) is 11.7 Å². The Morgan fingerprint density at radius 1 is 0.816 bits per heavy atom. The van der Waals surface area contributed by atoms with Gasteiger partial charge in [-0.2, -0.15) is 0 Å². The molecular formula is C28H39N3O7. The molecule has 0 unspecified atom stereocenters. The first-order valence-corrected chi connectivity index (χ1v) is 12.8. The lowest BCUT2D eigenvalue weighted by Crippen LogP contribution is -2.34. The van der Waals surface area contributed by atoms with Gasteiger partial charge >= 0.3 is 6.09 Å². The molecule has 0 saturated carbocycles. The van der Waals surface area contributed by atoms with Gasteiger partial charge in [0.05, 0.1) is 19.8 Å². The van der Waals surface area contributed by atoms with E-state index < -0.39 is 11.7 Å². The number of hydrogen-bond donors (Lipinski definition) is 3. The van der Waals surface area contributed by atoms with Gasteiger partial charge in [0.25, 0.3) is 5.91 Å². The zero-order valence-corrected chi connectivity index (χ0v) is 23.1. The van der Waals surface area contributed by atoms with Crippen molar-refractivity contribution in [3.63, 3.8) is 0 Å². The zero-order valence-electron chi connectivity index (χ0n) is 23.1. The summed E-state index contributed by atoms with van der Waals surface area (Å²) in [6.45, 7) is 12.6. The van der Waals surface area contributed by atoms with Crippen molar-refractivity contribution >= 4 is 23.6 Å². The van der Waals surface area contributed by atoms with Gasteiger partial charge in [-0.3, -0.25) is 9.59 Å². The van der Waals surface area contributed by atoms with Crippen LogP contribution in [0, 0.1) is 0 Å². The average Bonchev–Trinajstić information content (AvgIpc) is 2.84. The maximum absolute atomic E-state index is 12.9. The number of alkyl carbamates (subject to hydrolysis) is 1. The fourth-order valence-electron chi connectivity index (χ4n) is 3.33. The Morgan fingerprint density at radius 2 is 1.39 bits per heavy atom. The number of rotatable bonds is 13. The lowest BCUT2D eigenvalue weighted by molar-refractivity contribution is -0.116. The van der Waals surface area contributed by atoms with Crippen LogP contribution in [0.5, 0.6) is 17.2 Å². The molecule has 0 aliphatic carbocycles. The first-order valence-electron chi connectivity index (χ1n) is 12.8. The van der Waals surface area contributed by atoms with Crippen LogP contribution >= 0.6 is 0 Å². The van der Waals surface area contributed by atoms with Gasteiger partial charge in [0.15, 0.2) is 11.5 Å². The van der Waals surface area contributed by atoms with E-state index in [2.05, 4.69) is 16.0 Å². The lowest BCUT2D eigenvalue weighted by atomic mass is 10.1. The normalized spacial score (nSPS) is 10.8. The highest BCUT2D eigenvalue weighted by atomic mass is 16.6. The van der Waals surface area contributed by atoms with E-state index in [4.69, 9.17) is 18.9 Å². The minimum atomic E-state index is -0.597. The third kappa shape index (κ3) is 10.2. The van der Waals surface area contributed by atoms with Crippen LogP contribution in [0.2, 0.25) is 0 Å². The van der Waals surface area contributed by atoms with Gasteiger partial charge in [-0.1, -0.05) is 12.1 Å². The van der Waals surface area contributed by atoms with Crippen molar-refractivity contribution in [2.75, 3.05) is 31.7 Å². The van der Waals surface area contributed by atoms with Crippen LogP contribution in [-0.4, -0.2) is 49.9 Å². The Bertz CT molecular complexity index is 1050. The number of anilines is 1. The standard InChI is InChI=1S/C28H39N3O7/c1-7-35-22-16-20(17-23(36-8-2)25(22)37-9-3)26(33)30-18-19-10-12-21(13-11-19)31-24(32)14-15-29-27(34)38-28(4,5)6/h10-13,16-17H,7-9,14-15,18H2,1-6H3,(H,29,34)(H,30,33)(H,31,32). The van der Waals surface area contributed by atoms with Gasteiger partial charge in [-0.25, -0.2) is 4.79 Å². The van der Waals surface area contributed by atoms with Crippen molar-refractivity contribution in [1.82, 2.24) is 10.6 Å². The van der Waals surface area contributed by atoms with Crippen molar-refractivity contribution < 1.29 is 33.3 Å². The molecule has 2 aromatic carbocycles. The number of amides is 3. The van der Waals surface area contributed by atoms with Gasteiger partial charge in [0.1, 0.15) is 5.60 Å². The number of nitrogens with one attached hydrogen (secondary N) is 3. The molecule has 2 rings (SSSR count). The Labute approximate surface area is 224 Å². The van der Waals surface area contributed by atoms with Crippen LogP contribution in [0.3, 0.4) is 0 Å². The Morgan fingerprint density at radius 3 is 1.92 bits per heavy atom. The second kappa shape index (κ2) is 14.7. The fourth-order valence-corrected chi connectivity index (χ4v) is 3.33. The molecular weight excluding hydrogens is 490 g/mol. The highest BCUT2D eigenvalue weighted by Crippen LogP contribution is 2.39. The molecule has 0 aliphatic heterocycles. The monoisotopic (exact) mass is 529 g/mol. The molecule has 3 amide bonds. The summed E-state index contributed by atoms with van der Waals surface area (Å²) in [4.78, 5) is 36.7. The largest absolute Gasteiger partial charge is 0.490 e. The van der Waals surface area contributed by atoms with Gasteiger partial charge in [-0.05, 0) is 71.4 Å². The molecule has 38 heavy (non-hydrogen) atoms. The third-order valence-electron chi connectivity index (χ3n) is 4.88. The van der Waals surface area contributed by atoms with E-state index in [-0.39, 0.29) is 31.3 Å². The maximum atomic E-state index is 12.9. The molecule has 2 aromatic rings. The Kier molecular flexibility index (Phi) is 11.7. The van der Waals surface area contributed by atoms with Crippen LogP contribution in [0.25, 0.3) is 0 Å². The van der Waals surface area contributed by atoms with Crippen LogP contribution in [0.15, 0.2) is 36.4 Å². The number of carbonyl (C=O) groups excluding carboxylic acids is 3. The number of ether oxygens (including phenoxy) is 4. The van der Waals surface area contributed by atoms with Crippen LogP contribution < -0.4 is 30.2 Å². The van der Waals surface area contributed by atoms with E-state index in [1.807, 2.05) is 32.9 Å². The topological polar surface area (TPSA) is 124 Å². The summed E-state index contributed by atoms with van der Waals surface area (Å²) < 4.78 is 22.2. The summed E-state index contributed by atoms with van der Waals surface area (Å²) in [6.07, 6.45) is -0.461. The van der Waals surface area contributed by atoms with E-state index in [9.17, 15) is 14.4 Å². The summed E-state index contributed by atoms with van der Waals surface area (Å²) in [5.41, 5.74) is 1.25. The fraction of sp³-hybridized carbons (Fsp3) is 0.464. The van der Waals surface area contributed by atoms with Gasteiger partial charge in [0, 0.05) is 30.8 Å². The highest BCUT2D eigenvalue weighted by Gasteiger charge is 2.19. The molecule has 0 bridgehead atoms. The van der Waals surface area contributed by atoms with Crippen molar-refractivity contribution in [1.29, 1.82) is 0 Å². The molecule has 0 spiro atoms. The lowest BCUT2D eigenvalue weighted by Gasteiger charge is -2.19. The van der Waals surface area contributed by atoms with E-state index in [0.717, 1.165) is 5.56 Å². The molecule has 0 fully saturated rings. The molecule has 0 aliphatic rings. The minimum absolute atomic E-state index is 0.104. The Hall–Kier alpha value is -3.95. The quantitative estimate of drug-likeness (QED) is 0.345. The third-order valence-corrected chi connectivity index (χ3v) is 4.88. The summed E-state index contributed by atoms with van der Waals surface area (Å²) >= 11 is 0.